The Hall–Kier alpha value is -2.21. The molecule has 1 saturated heterocycles. The van der Waals surface area contributed by atoms with Gasteiger partial charge in [0, 0.05) is 48.8 Å². The number of benzene rings is 1. The lowest BCUT2D eigenvalue weighted by molar-refractivity contribution is -0.149. The lowest BCUT2D eigenvalue weighted by atomic mass is 9.98. The van der Waals surface area contributed by atoms with Gasteiger partial charge in [-0.15, -0.1) is 0 Å². The van der Waals surface area contributed by atoms with E-state index in [1.807, 2.05) is 31.3 Å². The number of aliphatic imine (C=N–C) groups is 1. The molecule has 27 heavy (non-hydrogen) atoms. The number of hydrogen-bond acceptors (Lipinski definition) is 3. The van der Waals surface area contributed by atoms with Crippen LogP contribution in [-0.4, -0.2) is 55.1 Å². The summed E-state index contributed by atoms with van der Waals surface area (Å²) in [6.07, 6.45) is 4.73. The summed E-state index contributed by atoms with van der Waals surface area (Å²) in [6.45, 7) is 4.58. The van der Waals surface area contributed by atoms with Crippen LogP contribution < -0.4 is 5.32 Å². The SMILES string of the molecule is CCOC(=O)C1CCCN(C(=NC)NCCc2c[nH]c3ccc(Cl)cc23)C1. The number of nitrogens with one attached hydrogen (secondary N) is 2. The highest BCUT2D eigenvalue weighted by molar-refractivity contribution is 6.31. The van der Waals surface area contributed by atoms with Gasteiger partial charge in [-0.2, -0.15) is 0 Å². The molecule has 0 radical (unpaired) electrons. The molecule has 146 valence electrons. The third kappa shape index (κ3) is 4.75. The minimum absolute atomic E-state index is 0.0759. The van der Waals surface area contributed by atoms with Crippen molar-refractivity contribution < 1.29 is 9.53 Å². The fourth-order valence-corrected chi connectivity index (χ4v) is 3.79. The maximum Gasteiger partial charge on any atom is 0.310 e. The van der Waals surface area contributed by atoms with Crippen LogP contribution in [0.1, 0.15) is 25.3 Å². The van der Waals surface area contributed by atoms with E-state index in [1.165, 1.54) is 5.56 Å². The van der Waals surface area contributed by atoms with E-state index in [2.05, 4.69) is 20.2 Å². The predicted octanol–water partition coefficient (Wildman–Crippen LogP) is 3.21. The second kappa shape index (κ2) is 9.13. The molecule has 2 heterocycles. The van der Waals surface area contributed by atoms with Crippen molar-refractivity contribution in [3.8, 4) is 0 Å². The molecule has 1 aliphatic heterocycles. The van der Waals surface area contributed by atoms with E-state index in [4.69, 9.17) is 16.3 Å². The Morgan fingerprint density at radius 2 is 2.33 bits per heavy atom. The Morgan fingerprint density at radius 3 is 3.11 bits per heavy atom. The number of rotatable bonds is 5. The van der Waals surface area contributed by atoms with E-state index in [0.717, 1.165) is 54.2 Å². The smallest absolute Gasteiger partial charge is 0.310 e. The van der Waals surface area contributed by atoms with Gasteiger partial charge < -0.3 is 19.9 Å². The summed E-state index contributed by atoms with van der Waals surface area (Å²) in [5, 5.41) is 5.32. The van der Waals surface area contributed by atoms with Gasteiger partial charge in [-0.25, -0.2) is 0 Å². The first-order chi connectivity index (χ1) is 13.1. The first-order valence-electron chi connectivity index (χ1n) is 9.50. The molecule has 1 aromatic heterocycles. The van der Waals surface area contributed by atoms with Gasteiger partial charge >= 0.3 is 5.97 Å². The Kier molecular flexibility index (Phi) is 6.61. The topological polar surface area (TPSA) is 69.7 Å². The lowest BCUT2D eigenvalue weighted by Crippen LogP contribution is -2.48. The quantitative estimate of drug-likeness (QED) is 0.467. The number of carbonyl (C=O) groups excluding carboxylic acids is 1. The average molecular weight is 391 g/mol. The van der Waals surface area contributed by atoms with Crippen molar-refractivity contribution in [2.75, 3.05) is 33.3 Å². The maximum absolute atomic E-state index is 12.1. The summed E-state index contributed by atoms with van der Waals surface area (Å²) in [5.41, 5.74) is 2.31. The highest BCUT2D eigenvalue weighted by Gasteiger charge is 2.28. The number of halogens is 1. The largest absolute Gasteiger partial charge is 0.466 e. The highest BCUT2D eigenvalue weighted by Crippen LogP contribution is 2.22. The third-order valence-electron chi connectivity index (χ3n) is 4.96. The molecule has 0 saturated carbocycles. The zero-order valence-corrected chi connectivity index (χ0v) is 16.7. The molecular formula is C20H27ClN4O2. The summed E-state index contributed by atoms with van der Waals surface area (Å²) >= 11 is 6.12. The standard InChI is InChI=1S/C20H27ClN4O2/c1-3-27-19(26)15-5-4-10-25(13-15)20(22-2)23-9-8-14-12-24-18-7-6-16(21)11-17(14)18/h6-7,11-12,15,24H,3-5,8-10,13H2,1-2H3,(H,22,23). The van der Waals surface area contributed by atoms with Crippen LogP contribution >= 0.6 is 11.6 Å². The van der Waals surface area contributed by atoms with Crippen molar-refractivity contribution >= 4 is 34.4 Å². The number of H-pyrrole nitrogens is 1. The van der Waals surface area contributed by atoms with Gasteiger partial charge in [-0.05, 0) is 49.9 Å². The van der Waals surface area contributed by atoms with Gasteiger partial charge in [0.25, 0.3) is 0 Å². The van der Waals surface area contributed by atoms with Gasteiger partial charge in [0.15, 0.2) is 5.96 Å². The molecule has 2 N–H and O–H groups in total. The highest BCUT2D eigenvalue weighted by atomic mass is 35.5. The van der Waals surface area contributed by atoms with Gasteiger partial charge in [0.2, 0.25) is 0 Å². The number of piperidine rings is 1. The number of ether oxygens (including phenoxy) is 1. The maximum atomic E-state index is 12.1. The van der Waals surface area contributed by atoms with Crippen LogP contribution in [0.3, 0.4) is 0 Å². The van der Waals surface area contributed by atoms with Crippen molar-refractivity contribution in [2.24, 2.45) is 10.9 Å². The number of hydrogen-bond donors (Lipinski definition) is 2. The van der Waals surface area contributed by atoms with Gasteiger partial charge in [0.05, 0.1) is 12.5 Å². The lowest BCUT2D eigenvalue weighted by Gasteiger charge is -2.33. The zero-order chi connectivity index (χ0) is 19.2. The van der Waals surface area contributed by atoms with E-state index < -0.39 is 0 Å². The summed E-state index contributed by atoms with van der Waals surface area (Å²) in [5.74, 6) is 0.656. The van der Waals surface area contributed by atoms with E-state index >= 15 is 0 Å². The molecule has 0 amide bonds. The summed E-state index contributed by atoms with van der Waals surface area (Å²) < 4.78 is 5.18. The van der Waals surface area contributed by atoms with E-state index in [-0.39, 0.29) is 11.9 Å². The molecule has 0 spiro atoms. The van der Waals surface area contributed by atoms with Crippen LogP contribution in [0.15, 0.2) is 29.4 Å². The third-order valence-corrected chi connectivity index (χ3v) is 5.19. The van der Waals surface area contributed by atoms with E-state index in [9.17, 15) is 4.79 Å². The second-order valence-electron chi connectivity index (χ2n) is 6.77. The van der Waals surface area contributed by atoms with Crippen LogP contribution in [0.5, 0.6) is 0 Å². The molecule has 6 nitrogen and oxygen atoms in total. The van der Waals surface area contributed by atoms with Crippen molar-refractivity contribution in [3.05, 3.63) is 35.0 Å². The van der Waals surface area contributed by atoms with E-state index in [0.29, 0.717) is 13.2 Å². The van der Waals surface area contributed by atoms with Crippen molar-refractivity contribution in [1.29, 1.82) is 0 Å². The molecule has 7 heteroatoms. The molecule has 1 aromatic carbocycles. The number of nitrogens with zero attached hydrogens (tertiary/aromatic N) is 2. The number of fused-ring (bicyclic) bond motifs is 1. The fourth-order valence-electron chi connectivity index (χ4n) is 3.62. The molecule has 1 aliphatic rings. The molecule has 3 rings (SSSR count). The number of carbonyl (C=O) groups is 1. The first-order valence-corrected chi connectivity index (χ1v) is 9.88. The Bertz CT molecular complexity index is 817. The normalized spacial score (nSPS) is 18.0. The van der Waals surface area contributed by atoms with Crippen LogP contribution in [0.4, 0.5) is 0 Å². The van der Waals surface area contributed by atoms with Crippen LogP contribution in [-0.2, 0) is 16.0 Å². The monoisotopic (exact) mass is 390 g/mol. The van der Waals surface area contributed by atoms with Gasteiger partial charge in [0.1, 0.15) is 0 Å². The van der Waals surface area contributed by atoms with Crippen molar-refractivity contribution in [2.45, 2.75) is 26.2 Å². The fraction of sp³-hybridized carbons (Fsp3) is 0.500. The van der Waals surface area contributed by atoms with Gasteiger partial charge in [-0.1, -0.05) is 11.6 Å². The van der Waals surface area contributed by atoms with E-state index in [1.54, 1.807) is 7.05 Å². The average Bonchev–Trinajstić information content (AvgIpc) is 3.07. The Balaban J connectivity index is 1.57. The van der Waals surface area contributed by atoms with Crippen molar-refractivity contribution in [1.82, 2.24) is 15.2 Å². The summed E-state index contributed by atoms with van der Waals surface area (Å²) in [7, 11) is 1.78. The number of aromatic amines is 1. The summed E-state index contributed by atoms with van der Waals surface area (Å²) in [4.78, 5) is 21.9. The number of aromatic nitrogens is 1. The molecule has 1 unspecified atom stereocenters. The Labute approximate surface area is 164 Å². The molecular weight excluding hydrogens is 364 g/mol. The minimum Gasteiger partial charge on any atom is -0.466 e. The minimum atomic E-state index is -0.103. The predicted molar refractivity (Wildman–Crippen MR) is 109 cm³/mol. The first kappa shape index (κ1) is 19.5. The number of guanidine groups is 1. The molecule has 2 aromatic rings. The van der Waals surface area contributed by atoms with Crippen molar-refractivity contribution in [3.63, 3.8) is 0 Å². The molecule has 1 fully saturated rings. The Morgan fingerprint density at radius 1 is 1.48 bits per heavy atom. The number of esters is 1. The van der Waals surface area contributed by atoms with Crippen LogP contribution in [0.2, 0.25) is 5.02 Å². The molecule has 1 atom stereocenters. The molecule has 0 bridgehead atoms. The summed E-state index contributed by atoms with van der Waals surface area (Å²) in [6, 6.07) is 5.88. The van der Waals surface area contributed by atoms with Crippen LogP contribution in [0.25, 0.3) is 10.9 Å². The second-order valence-corrected chi connectivity index (χ2v) is 7.20. The zero-order valence-electron chi connectivity index (χ0n) is 15.9. The molecule has 0 aliphatic carbocycles. The van der Waals surface area contributed by atoms with Gasteiger partial charge in [-0.3, -0.25) is 9.79 Å². The number of likely N-dealkylation sites (tertiary alicyclic amines) is 1. The van der Waals surface area contributed by atoms with Crippen LogP contribution in [0, 0.1) is 5.92 Å².